The summed E-state index contributed by atoms with van der Waals surface area (Å²) in [5.41, 5.74) is 1.12. The normalized spacial score (nSPS) is 54.0. The molecule has 5 unspecified atom stereocenters. The average molecular weight is 208 g/mol. The van der Waals surface area contributed by atoms with Gasteiger partial charge in [0, 0.05) is 0 Å². The van der Waals surface area contributed by atoms with Gasteiger partial charge in [0.05, 0.1) is 0 Å². The largest absolute Gasteiger partial charge is 0.0622 e. The average Bonchev–Trinajstić information content (AvgIpc) is 2.34. The fourth-order valence-corrected chi connectivity index (χ4v) is 4.70. The molecule has 2 rings (SSSR count). The maximum atomic E-state index is 2.58. The van der Waals surface area contributed by atoms with Crippen LogP contribution in [0.5, 0.6) is 0 Å². The molecule has 0 aliphatic heterocycles. The molecule has 0 heterocycles. The highest BCUT2D eigenvalue weighted by molar-refractivity contribution is 5.08. The Labute approximate surface area is 95.8 Å². The molecule has 2 aliphatic rings. The first-order valence-corrected chi connectivity index (χ1v) is 6.81. The first-order valence-electron chi connectivity index (χ1n) is 6.81. The maximum Gasteiger partial charge on any atom is -0.0215 e. The highest BCUT2D eigenvalue weighted by Gasteiger charge is 2.59. The lowest BCUT2D eigenvalue weighted by Crippen LogP contribution is -2.47. The lowest BCUT2D eigenvalue weighted by molar-refractivity contribution is -0.0487. The lowest BCUT2D eigenvalue weighted by atomic mass is 9.51. The minimum Gasteiger partial charge on any atom is -0.0622 e. The Morgan fingerprint density at radius 3 is 2.13 bits per heavy atom. The van der Waals surface area contributed by atoms with Gasteiger partial charge in [-0.05, 0) is 47.3 Å². The van der Waals surface area contributed by atoms with E-state index in [-0.39, 0.29) is 0 Å². The molecular weight excluding hydrogens is 180 g/mol. The van der Waals surface area contributed by atoms with E-state index in [0.717, 1.165) is 23.7 Å². The van der Waals surface area contributed by atoms with Crippen LogP contribution in [0.1, 0.15) is 60.8 Å². The molecule has 0 aromatic rings. The van der Waals surface area contributed by atoms with Crippen LogP contribution >= 0.6 is 0 Å². The van der Waals surface area contributed by atoms with Crippen molar-refractivity contribution in [1.82, 2.24) is 0 Å². The number of hydrogen-bond acceptors (Lipinski definition) is 0. The zero-order valence-electron chi connectivity index (χ0n) is 11.4. The summed E-state index contributed by atoms with van der Waals surface area (Å²) in [5, 5.41) is 0. The smallest absolute Gasteiger partial charge is 0.0215 e. The third-order valence-electron chi connectivity index (χ3n) is 6.88. The molecular formula is C15H28. The van der Waals surface area contributed by atoms with Crippen molar-refractivity contribution in [2.75, 3.05) is 0 Å². The highest BCUT2D eigenvalue weighted by atomic mass is 14.6. The second kappa shape index (κ2) is 3.25. The summed E-state index contributed by atoms with van der Waals surface area (Å²) in [7, 11) is 0. The number of fused-ring (bicyclic) bond motifs is 1. The quantitative estimate of drug-likeness (QED) is 0.539. The van der Waals surface area contributed by atoms with Crippen LogP contribution in [0.2, 0.25) is 0 Å². The van der Waals surface area contributed by atoms with Gasteiger partial charge in [0.25, 0.3) is 0 Å². The molecule has 0 nitrogen and oxygen atoms in total. The minimum absolute atomic E-state index is 0.533. The van der Waals surface area contributed by atoms with E-state index in [2.05, 4.69) is 41.5 Å². The number of hydrogen-bond donors (Lipinski definition) is 0. The van der Waals surface area contributed by atoms with Crippen molar-refractivity contribution in [2.45, 2.75) is 60.8 Å². The van der Waals surface area contributed by atoms with Crippen molar-refractivity contribution >= 4 is 0 Å². The monoisotopic (exact) mass is 208 g/mol. The molecule has 0 heteroatoms. The molecule has 0 aromatic carbocycles. The maximum absolute atomic E-state index is 2.58. The van der Waals surface area contributed by atoms with Gasteiger partial charge in [0.2, 0.25) is 0 Å². The predicted molar refractivity (Wildman–Crippen MR) is 66.7 cm³/mol. The summed E-state index contributed by atoms with van der Waals surface area (Å²) in [4.78, 5) is 0. The molecule has 0 bridgehead atoms. The predicted octanol–water partition coefficient (Wildman–Crippen LogP) is 4.74. The summed E-state index contributed by atoms with van der Waals surface area (Å²) in [5.74, 6) is 3.72. The molecule has 2 aliphatic carbocycles. The standard InChI is InChI=1S/C15H28/c1-10-7-8-13-9-11(2)14(4,5)15(13,6)12(10)3/h10-13H,7-9H2,1-6H3. The van der Waals surface area contributed by atoms with E-state index in [9.17, 15) is 0 Å². The van der Waals surface area contributed by atoms with Gasteiger partial charge < -0.3 is 0 Å². The SMILES string of the molecule is CC1CCC2CC(C)C(C)(C)C2(C)C1C. The van der Waals surface area contributed by atoms with Crippen LogP contribution in [0.3, 0.4) is 0 Å². The fourth-order valence-electron chi connectivity index (χ4n) is 4.70. The van der Waals surface area contributed by atoms with Gasteiger partial charge >= 0.3 is 0 Å². The lowest BCUT2D eigenvalue weighted by Gasteiger charge is -2.53. The van der Waals surface area contributed by atoms with Crippen molar-refractivity contribution in [3.05, 3.63) is 0 Å². The summed E-state index contributed by atoms with van der Waals surface area (Å²) in [6.07, 6.45) is 4.42. The summed E-state index contributed by atoms with van der Waals surface area (Å²) in [6, 6.07) is 0. The Hall–Kier alpha value is 0. The highest BCUT2D eigenvalue weighted by Crippen LogP contribution is 2.67. The van der Waals surface area contributed by atoms with Crippen molar-refractivity contribution in [3.63, 3.8) is 0 Å². The summed E-state index contributed by atoms with van der Waals surface area (Å²) < 4.78 is 0. The van der Waals surface area contributed by atoms with Crippen LogP contribution in [0.25, 0.3) is 0 Å². The molecule has 0 amide bonds. The Kier molecular flexibility index (Phi) is 2.48. The van der Waals surface area contributed by atoms with Crippen molar-refractivity contribution in [1.29, 1.82) is 0 Å². The van der Waals surface area contributed by atoms with Gasteiger partial charge in [-0.15, -0.1) is 0 Å². The first kappa shape index (κ1) is 11.5. The summed E-state index contributed by atoms with van der Waals surface area (Å²) in [6.45, 7) is 15.1. The van der Waals surface area contributed by atoms with E-state index >= 15 is 0 Å². The summed E-state index contributed by atoms with van der Waals surface area (Å²) >= 11 is 0. The van der Waals surface area contributed by atoms with Gasteiger partial charge in [-0.1, -0.05) is 48.0 Å². The number of rotatable bonds is 0. The second-order valence-corrected chi connectivity index (χ2v) is 7.18. The van der Waals surface area contributed by atoms with Gasteiger partial charge in [-0.2, -0.15) is 0 Å². The van der Waals surface area contributed by atoms with E-state index in [4.69, 9.17) is 0 Å². The molecule has 0 spiro atoms. The van der Waals surface area contributed by atoms with Crippen molar-refractivity contribution in [2.24, 2.45) is 34.5 Å². The molecule has 0 N–H and O–H groups in total. The Morgan fingerprint density at radius 2 is 1.53 bits per heavy atom. The van der Waals surface area contributed by atoms with E-state index in [0.29, 0.717) is 10.8 Å². The van der Waals surface area contributed by atoms with E-state index in [1.54, 1.807) is 0 Å². The van der Waals surface area contributed by atoms with Crippen LogP contribution in [-0.2, 0) is 0 Å². The Balaban J connectivity index is 2.39. The van der Waals surface area contributed by atoms with Crippen molar-refractivity contribution in [3.8, 4) is 0 Å². The molecule has 0 saturated heterocycles. The van der Waals surface area contributed by atoms with Gasteiger partial charge in [-0.25, -0.2) is 0 Å². The molecule has 2 fully saturated rings. The molecule has 0 radical (unpaired) electrons. The van der Waals surface area contributed by atoms with Gasteiger partial charge in [0.1, 0.15) is 0 Å². The third-order valence-corrected chi connectivity index (χ3v) is 6.88. The molecule has 2 saturated carbocycles. The van der Waals surface area contributed by atoms with E-state index < -0.39 is 0 Å². The second-order valence-electron chi connectivity index (χ2n) is 7.18. The third kappa shape index (κ3) is 1.26. The van der Waals surface area contributed by atoms with E-state index in [1.165, 1.54) is 19.3 Å². The Bertz CT molecular complexity index is 249. The Morgan fingerprint density at radius 1 is 0.933 bits per heavy atom. The van der Waals surface area contributed by atoms with Gasteiger partial charge in [-0.3, -0.25) is 0 Å². The zero-order valence-corrected chi connectivity index (χ0v) is 11.4. The van der Waals surface area contributed by atoms with Crippen LogP contribution in [0.15, 0.2) is 0 Å². The minimum atomic E-state index is 0.533. The fraction of sp³-hybridized carbons (Fsp3) is 1.00. The molecule has 0 aromatic heterocycles. The van der Waals surface area contributed by atoms with Crippen LogP contribution in [0.4, 0.5) is 0 Å². The topological polar surface area (TPSA) is 0 Å². The first-order chi connectivity index (χ1) is 6.81. The van der Waals surface area contributed by atoms with Crippen LogP contribution in [0, 0.1) is 34.5 Å². The van der Waals surface area contributed by atoms with Crippen molar-refractivity contribution < 1.29 is 0 Å². The van der Waals surface area contributed by atoms with Gasteiger partial charge in [0.15, 0.2) is 0 Å². The van der Waals surface area contributed by atoms with Crippen LogP contribution in [-0.4, -0.2) is 0 Å². The molecule has 5 atom stereocenters. The van der Waals surface area contributed by atoms with E-state index in [1.807, 2.05) is 0 Å². The molecule has 15 heavy (non-hydrogen) atoms. The molecule has 88 valence electrons. The zero-order chi connectivity index (χ0) is 11.4. The van der Waals surface area contributed by atoms with Crippen LogP contribution < -0.4 is 0 Å².